The molecule has 1 aliphatic heterocycles. The average molecular weight is 415 g/mol. The average Bonchev–Trinajstić information content (AvgIpc) is 3.16. The summed E-state index contributed by atoms with van der Waals surface area (Å²) < 4.78 is 25.1. The summed E-state index contributed by atoms with van der Waals surface area (Å²) in [5.41, 5.74) is 2.41. The zero-order valence-corrected chi connectivity index (χ0v) is 16.9. The van der Waals surface area contributed by atoms with Gasteiger partial charge in [-0.3, -0.25) is 4.79 Å². The molecule has 2 heterocycles. The summed E-state index contributed by atoms with van der Waals surface area (Å²) in [6.45, 7) is 3.12. The molecule has 0 atom stereocenters. The number of halogens is 1. The summed E-state index contributed by atoms with van der Waals surface area (Å²) >= 11 is 1.61. The predicted octanol–water partition coefficient (Wildman–Crippen LogP) is 3.85. The molecule has 0 bridgehead atoms. The molecule has 0 radical (unpaired) electrons. The van der Waals surface area contributed by atoms with Crippen LogP contribution in [-0.2, 0) is 16.0 Å². The molecule has 0 aliphatic carbocycles. The minimum absolute atomic E-state index is 0.113. The van der Waals surface area contributed by atoms with E-state index in [1.807, 2.05) is 18.2 Å². The van der Waals surface area contributed by atoms with Gasteiger partial charge in [-0.1, -0.05) is 17.4 Å². The smallest absolute Gasteiger partial charge is 0.224 e. The van der Waals surface area contributed by atoms with E-state index in [1.165, 1.54) is 13.2 Å². The molecule has 1 amide bonds. The van der Waals surface area contributed by atoms with Crippen LogP contribution in [0.25, 0.3) is 10.2 Å². The number of fused-ring (bicyclic) bond motifs is 1. The van der Waals surface area contributed by atoms with Gasteiger partial charge in [-0.25, -0.2) is 9.37 Å². The summed E-state index contributed by atoms with van der Waals surface area (Å²) in [6.07, 6.45) is 0.724. The molecule has 4 rings (SSSR count). The fourth-order valence-electron chi connectivity index (χ4n) is 3.23. The number of methoxy groups -OCH3 is 1. The number of aryl methyl sites for hydroxylation is 1. The molecule has 3 aromatic rings. The van der Waals surface area contributed by atoms with Gasteiger partial charge in [0.05, 0.1) is 30.5 Å². The van der Waals surface area contributed by atoms with Crippen LogP contribution >= 0.6 is 11.3 Å². The number of nitrogens with one attached hydrogen (secondary N) is 1. The lowest BCUT2D eigenvalue weighted by Gasteiger charge is -2.25. The van der Waals surface area contributed by atoms with E-state index in [4.69, 9.17) is 9.47 Å². The molecule has 0 saturated carbocycles. The van der Waals surface area contributed by atoms with Gasteiger partial charge >= 0.3 is 0 Å². The lowest BCUT2D eigenvalue weighted by atomic mass is 10.1. The zero-order chi connectivity index (χ0) is 20.2. The Hall–Kier alpha value is -2.71. The molecular formula is C21H22FN3O3S. The molecular weight excluding hydrogens is 393 g/mol. The second-order valence-corrected chi connectivity index (χ2v) is 7.80. The van der Waals surface area contributed by atoms with E-state index in [0.29, 0.717) is 6.42 Å². The fraction of sp³-hybridized carbons (Fsp3) is 0.333. The number of amides is 1. The minimum Gasteiger partial charge on any atom is -0.494 e. The van der Waals surface area contributed by atoms with E-state index in [0.717, 1.165) is 52.9 Å². The Kier molecular flexibility index (Phi) is 5.92. The molecule has 2 aromatic carbocycles. The molecule has 6 nitrogen and oxygen atoms in total. The normalized spacial score (nSPS) is 14.2. The number of hydrogen-bond donors (Lipinski definition) is 1. The maximum Gasteiger partial charge on any atom is 0.224 e. The lowest BCUT2D eigenvalue weighted by Crippen LogP contribution is -2.36. The summed E-state index contributed by atoms with van der Waals surface area (Å²) in [7, 11) is 1.43. The number of nitrogens with zero attached hydrogens (tertiary/aromatic N) is 2. The summed E-state index contributed by atoms with van der Waals surface area (Å²) in [6, 6.07) is 10.5. The van der Waals surface area contributed by atoms with Crippen LogP contribution in [0.2, 0.25) is 0 Å². The topological polar surface area (TPSA) is 63.7 Å². The van der Waals surface area contributed by atoms with Gasteiger partial charge in [0, 0.05) is 25.2 Å². The molecule has 1 fully saturated rings. The van der Waals surface area contributed by atoms with Gasteiger partial charge in [0.15, 0.2) is 16.7 Å². The first kappa shape index (κ1) is 19.6. The van der Waals surface area contributed by atoms with E-state index in [1.54, 1.807) is 23.5 Å². The second-order valence-electron chi connectivity index (χ2n) is 6.80. The highest BCUT2D eigenvalue weighted by atomic mass is 32.1. The Morgan fingerprint density at radius 2 is 2.10 bits per heavy atom. The molecule has 29 heavy (non-hydrogen) atoms. The van der Waals surface area contributed by atoms with E-state index < -0.39 is 5.82 Å². The van der Waals surface area contributed by atoms with Gasteiger partial charge in [0.25, 0.3) is 0 Å². The number of carbonyl (C=O) groups is 1. The summed E-state index contributed by atoms with van der Waals surface area (Å²) in [5.74, 6) is -0.330. The third-order valence-corrected chi connectivity index (χ3v) is 5.88. The van der Waals surface area contributed by atoms with Gasteiger partial charge in [-0.2, -0.15) is 0 Å². The first-order valence-corrected chi connectivity index (χ1v) is 10.3. The van der Waals surface area contributed by atoms with Crippen molar-refractivity contribution in [3.05, 3.63) is 47.8 Å². The van der Waals surface area contributed by atoms with Crippen molar-refractivity contribution in [3.63, 3.8) is 0 Å². The minimum atomic E-state index is -0.419. The first-order chi connectivity index (χ1) is 14.1. The molecule has 1 aromatic heterocycles. The second kappa shape index (κ2) is 8.75. The highest BCUT2D eigenvalue weighted by Gasteiger charge is 2.16. The van der Waals surface area contributed by atoms with Crippen molar-refractivity contribution >= 4 is 38.3 Å². The maximum absolute atomic E-state index is 13.8. The van der Waals surface area contributed by atoms with Crippen molar-refractivity contribution in [2.24, 2.45) is 0 Å². The van der Waals surface area contributed by atoms with E-state index >= 15 is 0 Å². The Morgan fingerprint density at radius 1 is 1.28 bits per heavy atom. The molecule has 152 valence electrons. The number of aromatic nitrogens is 1. The number of morpholine rings is 1. The first-order valence-electron chi connectivity index (χ1n) is 9.48. The Balaban J connectivity index is 1.38. The van der Waals surface area contributed by atoms with Crippen molar-refractivity contribution in [1.82, 2.24) is 4.98 Å². The van der Waals surface area contributed by atoms with Crippen LogP contribution in [0.3, 0.4) is 0 Å². The van der Waals surface area contributed by atoms with Gasteiger partial charge < -0.3 is 19.7 Å². The quantitative estimate of drug-likeness (QED) is 0.663. The molecule has 8 heteroatoms. The number of thiazole rings is 1. The predicted molar refractivity (Wildman–Crippen MR) is 113 cm³/mol. The monoisotopic (exact) mass is 415 g/mol. The van der Waals surface area contributed by atoms with Gasteiger partial charge in [0.1, 0.15) is 0 Å². The highest BCUT2D eigenvalue weighted by Crippen LogP contribution is 2.31. The van der Waals surface area contributed by atoms with Gasteiger partial charge in [-0.15, -0.1) is 0 Å². The maximum atomic E-state index is 13.8. The Bertz CT molecular complexity index is 1020. The number of ether oxygens (including phenoxy) is 2. The molecule has 1 aliphatic rings. The summed E-state index contributed by atoms with van der Waals surface area (Å²) in [4.78, 5) is 19.2. The number of carbonyl (C=O) groups excluding carboxylic acids is 1. The van der Waals surface area contributed by atoms with Crippen molar-refractivity contribution < 1.29 is 18.7 Å². The van der Waals surface area contributed by atoms with Crippen LogP contribution in [0.15, 0.2) is 36.4 Å². The fourth-order valence-corrected chi connectivity index (χ4v) is 4.28. The molecule has 0 unspecified atom stereocenters. The number of rotatable bonds is 6. The van der Waals surface area contributed by atoms with Gasteiger partial charge in [0.2, 0.25) is 5.91 Å². The zero-order valence-electron chi connectivity index (χ0n) is 16.1. The van der Waals surface area contributed by atoms with Crippen molar-refractivity contribution in [2.45, 2.75) is 12.8 Å². The third-order valence-electron chi connectivity index (χ3n) is 4.80. The largest absolute Gasteiger partial charge is 0.494 e. The van der Waals surface area contributed by atoms with Crippen molar-refractivity contribution in [1.29, 1.82) is 0 Å². The SMILES string of the molecule is COc1ccc(CCC(=O)Nc2ccc3nc(N4CCOCC4)sc3c2)cc1F. The Morgan fingerprint density at radius 3 is 2.86 bits per heavy atom. The van der Waals surface area contributed by atoms with Crippen LogP contribution in [-0.4, -0.2) is 44.3 Å². The van der Waals surface area contributed by atoms with Gasteiger partial charge in [-0.05, 0) is 42.3 Å². The number of benzene rings is 2. The third kappa shape index (κ3) is 4.65. The molecule has 1 saturated heterocycles. The van der Waals surface area contributed by atoms with Crippen LogP contribution in [0.5, 0.6) is 5.75 Å². The summed E-state index contributed by atoms with van der Waals surface area (Å²) in [5, 5.41) is 3.90. The van der Waals surface area contributed by atoms with Crippen molar-refractivity contribution in [3.8, 4) is 5.75 Å². The number of anilines is 2. The molecule has 1 N–H and O–H groups in total. The number of hydrogen-bond acceptors (Lipinski definition) is 6. The highest BCUT2D eigenvalue weighted by molar-refractivity contribution is 7.22. The Labute approximate surface area is 172 Å². The standard InChI is InChI=1S/C21H22FN3O3S/c1-27-18-6-2-14(12-16(18)22)3-7-20(26)23-15-4-5-17-19(13-15)29-21(24-17)25-8-10-28-11-9-25/h2,4-6,12-13H,3,7-11H2,1H3,(H,23,26). The van der Waals surface area contributed by atoms with Crippen LogP contribution in [0.1, 0.15) is 12.0 Å². The van der Waals surface area contributed by atoms with E-state index in [2.05, 4.69) is 15.2 Å². The van der Waals surface area contributed by atoms with E-state index in [9.17, 15) is 9.18 Å². The molecule has 0 spiro atoms. The van der Waals surface area contributed by atoms with Crippen LogP contribution in [0.4, 0.5) is 15.2 Å². The van der Waals surface area contributed by atoms with Crippen LogP contribution < -0.4 is 15.0 Å². The van der Waals surface area contributed by atoms with E-state index in [-0.39, 0.29) is 18.1 Å². The lowest BCUT2D eigenvalue weighted by molar-refractivity contribution is -0.116. The van der Waals surface area contributed by atoms with Crippen LogP contribution in [0, 0.1) is 5.82 Å². The van der Waals surface area contributed by atoms with Crippen molar-refractivity contribution in [2.75, 3.05) is 43.6 Å².